The topological polar surface area (TPSA) is 62.4 Å². The van der Waals surface area contributed by atoms with Crippen molar-refractivity contribution in [2.45, 2.75) is 37.9 Å². The van der Waals surface area contributed by atoms with Crippen LogP contribution in [0.4, 0.5) is 13.2 Å². The molecular weight excluding hydrogens is 263 g/mol. The van der Waals surface area contributed by atoms with Crippen LogP contribution in [0, 0.1) is 0 Å². The first-order chi connectivity index (χ1) is 8.98. The molecule has 108 valence electrons. The number of aliphatic hydroxyl groups excluding tert-OH is 1. The van der Waals surface area contributed by atoms with E-state index in [1.54, 1.807) is 0 Å². The third-order valence-electron chi connectivity index (χ3n) is 2.80. The molecular formula is C11H16F3N3O2. The fourth-order valence-corrected chi connectivity index (χ4v) is 1.78. The third-order valence-corrected chi connectivity index (χ3v) is 2.80. The average Bonchev–Trinajstić information content (AvgIpc) is 3.06. The van der Waals surface area contributed by atoms with Crippen molar-refractivity contribution in [2.24, 2.45) is 0 Å². The molecule has 1 aromatic rings. The quantitative estimate of drug-likeness (QED) is 0.823. The summed E-state index contributed by atoms with van der Waals surface area (Å²) in [6.07, 6.45) is -2.01. The Morgan fingerprint density at radius 3 is 2.63 bits per heavy atom. The zero-order chi connectivity index (χ0) is 13.9. The van der Waals surface area contributed by atoms with E-state index in [9.17, 15) is 13.2 Å². The number of hydrogen-bond donors (Lipinski definition) is 1. The zero-order valence-electron chi connectivity index (χ0n) is 10.4. The van der Waals surface area contributed by atoms with E-state index >= 15 is 0 Å². The molecule has 19 heavy (non-hydrogen) atoms. The lowest BCUT2D eigenvalue weighted by atomic mass is 10.3. The molecule has 1 heterocycles. The molecule has 1 saturated carbocycles. The molecule has 5 nitrogen and oxygen atoms in total. The minimum absolute atomic E-state index is 0.0424. The van der Waals surface area contributed by atoms with Crippen molar-refractivity contribution >= 4 is 0 Å². The van der Waals surface area contributed by atoms with Gasteiger partial charge >= 0.3 is 6.18 Å². The van der Waals surface area contributed by atoms with E-state index in [1.807, 2.05) is 0 Å². The smallest absolute Gasteiger partial charge is 0.401 e. The Bertz CT molecular complexity index is 404. The summed E-state index contributed by atoms with van der Waals surface area (Å²) in [6.45, 7) is -1.10. The van der Waals surface area contributed by atoms with Gasteiger partial charge in [-0.3, -0.25) is 4.90 Å². The maximum absolute atomic E-state index is 12.4. The van der Waals surface area contributed by atoms with Crippen LogP contribution in [0.2, 0.25) is 0 Å². The van der Waals surface area contributed by atoms with Crippen LogP contribution in [-0.4, -0.2) is 46.1 Å². The van der Waals surface area contributed by atoms with Crippen LogP contribution in [0.25, 0.3) is 0 Å². The van der Waals surface area contributed by atoms with Gasteiger partial charge in [-0.25, -0.2) is 0 Å². The van der Waals surface area contributed by atoms with Crippen LogP contribution in [0.1, 0.15) is 37.0 Å². The number of alkyl halides is 3. The van der Waals surface area contributed by atoms with Crippen LogP contribution in [-0.2, 0) is 6.54 Å². The summed E-state index contributed by atoms with van der Waals surface area (Å²) in [5.74, 6) is 1.00. The van der Waals surface area contributed by atoms with Gasteiger partial charge in [0.15, 0.2) is 0 Å². The lowest BCUT2D eigenvalue weighted by molar-refractivity contribution is -0.148. The van der Waals surface area contributed by atoms with Gasteiger partial charge < -0.3 is 9.52 Å². The molecule has 0 aromatic carbocycles. The minimum Gasteiger partial charge on any atom is -0.424 e. The Kier molecular flexibility index (Phi) is 4.41. The van der Waals surface area contributed by atoms with Crippen LogP contribution >= 0.6 is 0 Å². The van der Waals surface area contributed by atoms with Crippen molar-refractivity contribution in [1.29, 1.82) is 0 Å². The minimum atomic E-state index is -4.28. The molecule has 0 amide bonds. The van der Waals surface area contributed by atoms with Crippen molar-refractivity contribution in [3.63, 3.8) is 0 Å². The fourth-order valence-electron chi connectivity index (χ4n) is 1.78. The second-order valence-corrected chi connectivity index (χ2v) is 4.71. The summed E-state index contributed by atoms with van der Waals surface area (Å²) in [5.41, 5.74) is 0. The highest BCUT2D eigenvalue weighted by atomic mass is 19.4. The highest BCUT2D eigenvalue weighted by Gasteiger charge is 2.32. The van der Waals surface area contributed by atoms with Gasteiger partial charge in [-0.2, -0.15) is 13.2 Å². The van der Waals surface area contributed by atoms with E-state index in [2.05, 4.69) is 10.2 Å². The largest absolute Gasteiger partial charge is 0.424 e. The van der Waals surface area contributed by atoms with Gasteiger partial charge in [0, 0.05) is 19.1 Å². The molecule has 0 saturated heterocycles. The van der Waals surface area contributed by atoms with Gasteiger partial charge in [-0.1, -0.05) is 0 Å². The average molecular weight is 279 g/mol. The maximum Gasteiger partial charge on any atom is 0.401 e. The van der Waals surface area contributed by atoms with Gasteiger partial charge in [0.1, 0.15) is 0 Å². The summed E-state index contributed by atoms with van der Waals surface area (Å²) in [4.78, 5) is 1.15. The molecule has 8 heteroatoms. The summed E-state index contributed by atoms with van der Waals surface area (Å²) < 4.78 is 42.6. The Labute approximate surface area is 108 Å². The molecule has 1 N–H and O–H groups in total. The number of nitrogens with zero attached hydrogens (tertiary/aromatic N) is 3. The Hall–Kier alpha value is -1.15. The van der Waals surface area contributed by atoms with E-state index in [-0.39, 0.29) is 37.9 Å². The number of aromatic nitrogens is 2. The number of hydrogen-bond acceptors (Lipinski definition) is 5. The number of halogens is 3. The van der Waals surface area contributed by atoms with Crippen molar-refractivity contribution in [1.82, 2.24) is 15.1 Å². The number of rotatable bonds is 7. The zero-order valence-corrected chi connectivity index (χ0v) is 10.4. The summed E-state index contributed by atoms with van der Waals surface area (Å²) >= 11 is 0. The van der Waals surface area contributed by atoms with Crippen LogP contribution in [0.3, 0.4) is 0 Å². The first kappa shape index (κ1) is 14.3. The monoisotopic (exact) mass is 279 g/mol. The Balaban J connectivity index is 1.92. The summed E-state index contributed by atoms with van der Waals surface area (Å²) in [5, 5.41) is 16.3. The second-order valence-electron chi connectivity index (χ2n) is 4.71. The Morgan fingerprint density at radius 2 is 2.05 bits per heavy atom. The fraction of sp³-hybridized carbons (Fsp3) is 0.818. The molecule has 0 radical (unpaired) electrons. The van der Waals surface area contributed by atoms with Gasteiger partial charge in [0.25, 0.3) is 0 Å². The summed E-state index contributed by atoms with van der Waals surface area (Å²) in [6, 6.07) is 0. The van der Waals surface area contributed by atoms with Crippen molar-refractivity contribution in [3.8, 4) is 0 Å². The lowest BCUT2D eigenvalue weighted by Gasteiger charge is -2.21. The van der Waals surface area contributed by atoms with E-state index in [1.165, 1.54) is 0 Å². The highest BCUT2D eigenvalue weighted by molar-refractivity contribution is 5.00. The van der Waals surface area contributed by atoms with Gasteiger partial charge in [0.2, 0.25) is 11.8 Å². The van der Waals surface area contributed by atoms with Crippen molar-refractivity contribution in [3.05, 3.63) is 11.8 Å². The normalized spacial score (nSPS) is 16.3. The molecule has 0 bridgehead atoms. The third kappa shape index (κ3) is 4.79. The predicted octanol–water partition coefficient (Wildman–Crippen LogP) is 1.69. The highest BCUT2D eigenvalue weighted by Crippen LogP contribution is 2.39. The van der Waals surface area contributed by atoms with Crippen LogP contribution in [0.5, 0.6) is 0 Å². The van der Waals surface area contributed by atoms with Crippen LogP contribution in [0.15, 0.2) is 4.42 Å². The van der Waals surface area contributed by atoms with E-state index in [0.29, 0.717) is 5.89 Å². The first-order valence-electron chi connectivity index (χ1n) is 6.20. The van der Waals surface area contributed by atoms with Crippen LogP contribution < -0.4 is 0 Å². The van der Waals surface area contributed by atoms with E-state index in [4.69, 9.17) is 9.52 Å². The molecule has 0 atom stereocenters. The molecule has 1 fully saturated rings. The SMILES string of the molecule is OCCCN(Cc1nnc(C2CC2)o1)CC(F)(F)F. The second kappa shape index (κ2) is 5.87. The number of aliphatic hydroxyl groups is 1. The molecule has 1 aliphatic rings. The molecule has 0 spiro atoms. The molecule has 1 aromatic heterocycles. The van der Waals surface area contributed by atoms with E-state index < -0.39 is 12.7 Å². The molecule has 2 rings (SSSR count). The van der Waals surface area contributed by atoms with Gasteiger partial charge in [-0.15, -0.1) is 10.2 Å². The molecule has 0 unspecified atom stereocenters. The molecule has 1 aliphatic carbocycles. The van der Waals surface area contributed by atoms with E-state index in [0.717, 1.165) is 17.7 Å². The van der Waals surface area contributed by atoms with Gasteiger partial charge in [0.05, 0.1) is 13.1 Å². The first-order valence-corrected chi connectivity index (χ1v) is 6.20. The maximum atomic E-state index is 12.4. The predicted molar refractivity (Wildman–Crippen MR) is 59.3 cm³/mol. The van der Waals surface area contributed by atoms with Crippen molar-refractivity contribution < 1.29 is 22.7 Å². The lowest BCUT2D eigenvalue weighted by Crippen LogP contribution is -2.35. The Morgan fingerprint density at radius 1 is 1.32 bits per heavy atom. The van der Waals surface area contributed by atoms with Gasteiger partial charge in [-0.05, 0) is 19.3 Å². The molecule has 0 aliphatic heterocycles. The van der Waals surface area contributed by atoms with Crippen molar-refractivity contribution in [2.75, 3.05) is 19.7 Å². The standard InChI is InChI=1S/C11H16F3N3O2/c12-11(13,14)7-17(4-1-5-18)6-9-15-16-10(19-9)8-2-3-8/h8,18H,1-7H2. The summed E-state index contributed by atoms with van der Waals surface area (Å²) in [7, 11) is 0.